The van der Waals surface area contributed by atoms with E-state index in [2.05, 4.69) is 20.6 Å². The molecule has 0 aliphatic heterocycles. The normalized spacial score (nSPS) is 12.1. The maximum absolute atomic E-state index is 11.9. The van der Waals surface area contributed by atoms with Gasteiger partial charge in [-0.1, -0.05) is 50.2 Å². The van der Waals surface area contributed by atoms with Crippen molar-refractivity contribution in [2.24, 2.45) is 11.7 Å². The molecule has 1 atom stereocenters. The Morgan fingerprint density at radius 2 is 1.79 bits per heavy atom. The number of nitrogens with one attached hydrogen (secondary N) is 3. The van der Waals surface area contributed by atoms with Gasteiger partial charge in [-0.15, -0.1) is 0 Å². The Balaban J connectivity index is 1.51. The van der Waals surface area contributed by atoms with Crippen molar-refractivity contribution in [3.05, 3.63) is 54.1 Å². The maximum atomic E-state index is 11.9. The summed E-state index contributed by atoms with van der Waals surface area (Å²) in [5.74, 6) is 0.250. The van der Waals surface area contributed by atoms with Crippen molar-refractivity contribution >= 4 is 22.8 Å². The Morgan fingerprint density at radius 3 is 2.46 bits per heavy atom. The second kappa shape index (κ2) is 8.67. The average molecular weight is 379 g/mol. The van der Waals surface area contributed by atoms with Crippen molar-refractivity contribution in [3.63, 3.8) is 0 Å². The molecule has 7 heteroatoms. The fourth-order valence-corrected chi connectivity index (χ4v) is 2.72. The third-order valence-electron chi connectivity index (χ3n) is 4.55. The summed E-state index contributed by atoms with van der Waals surface area (Å²) >= 11 is 0. The minimum atomic E-state index is -0.612. The van der Waals surface area contributed by atoms with Crippen LogP contribution in [0.1, 0.15) is 19.4 Å². The predicted molar refractivity (Wildman–Crippen MR) is 109 cm³/mol. The molecule has 0 saturated carbocycles. The standard InChI is InChI=1S/C21H25N5O2/c1-13(2)19(22)21(28)24-12-18(27)23-11-14-7-9-15(10-8-14)20-25-16-5-3-4-6-17(16)26-20/h3-10,13,19H,11-12,22H2,1-2H3,(H,23,27)(H,24,28)(H,25,26)/t19-/m0/s1. The number of H-pyrrole nitrogens is 1. The lowest BCUT2D eigenvalue weighted by Crippen LogP contribution is -2.47. The number of hydrogen-bond acceptors (Lipinski definition) is 4. The van der Waals surface area contributed by atoms with E-state index in [1.54, 1.807) is 0 Å². The van der Waals surface area contributed by atoms with Gasteiger partial charge in [-0.2, -0.15) is 0 Å². The molecule has 1 aromatic heterocycles. The third-order valence-corrected chi connectivity index (χ3v) is 4.55. The van der Waals surface area contributed by atoms with E-state index in [1.165, 1.54) is 0 Å². The molecule has 0 spiro atoms. The smallest absolute Gasteiger partial charge is 0.239 e. The van der Waals surface area contributed by atoms with E-state index >= 15 is 0 Å². The zero-order valence-corrected chi connectivity index (χ0v) is 16.0. The lowest BCUT2D eigenvalue weighted by atomic mass is 10.1. The molecule has 146 valence electrons. The molecule has 0 unspecified atom stereocenters. The van der Waals surface area contributed by atoms with Gasteiger partial charge in [0.15, 0.2) is 0 Å². The lowest BCUT2D eigenvalue weighted by molar-refractivity contribution is -0.127. The van der Waals surface area contributed by atoms with E-state index in [0.29, 0.717) is 6.54 Å². The summed E-state index contributed by atoms with van der Waals surface area (Å²) in [7, 11) is 0. The quantitative estimate of drug-likeness (QED) is 0.502. The molecule has 3 rings (SSSR count). The van der Waals surface area contributed by atoms with Crippen LogP contribution in [0.5, 0.6) is 0 Å². The van der Waals surface area contributed by atoms with Gasteiger partial charge in [0.25, 0.3) is 0 Å². The third kappa shape index (κ3) is 4.75. The SMILES string of the molecule is CC(C)[C@H](N)C(=O)NCC(=O)NCc1ccc(-c2nc3ccccc3[nH]2)cc1. The Morgan fingerprint density at radius 1 is 1.07 bits per heavy atom. The van der Waals surface area contributed by atoms with Crippen LogP contribution in [0.3, 0.4) is 0 Å². The number of carbonyl (C=O) groups is 2. The van der Waals surface area contributed by atoms with E-state index in [1.807, 2.05) is 62.4 Å². The van der Waals surface area contributed by atoms with Crippen LogP contribution in [0.15, 0.2) is 48.5 Å². The van der Waals surface area contributed by atoms with Gasteiger partial charge in [-0.05, 0) is 23.6 Å². The van der Waals surface area contributed by atoms with Crippen LogP contribution in [0, 0.1) is 5.92 Å². The summed E-state index contributed by atoms with van der Waals surface area (Å²) in [5, 5.41) is 5.34. The van der Waals surface area contributed by atoms with Crippen LogP contribution in [0.4, 0.5) is 0 Å². The molecule has 3 aromatic rings. The number of rotatable bonds is 7. The van der Waals surface area contributed by atoms with E-state index < -0.39 is 6.04 Å². The maximum Gasteiger partial charge on any atom is 0.239 e. The van der Waals surface area contributed by atoms with Crippen LogP contribution in [0.25, 0.3) is 22.4 Å². The summed E-state index contributed by atoms with van der Waals surface area (Å²) in [5.41, 5.74) is 9.59. The summed E-state index contributed by atoms with van der Waals surface area (Å²) in [6.07, 6.45) is 0. The Bertz CT molecular complexity index is 929. The largest absolute Gasteiger partial charge is 0.350 e. The molecule has 5 N–H and O–H groups in total. The number of aromatic amines is 1. The van der Waals surface area contributed by atoms with Crippen LogP contribution < -0.4 is 16.4 Å². The Labute approximate surface area is 163 Å². The van der Waals surface area contributed by atoms with E-state index in [0.717, 1.165) is 28.0 Å². The van der Waals surface area contributed by atoms with Gasteiger partial charge in [0.1, 0.15) is 5.82 Å². The van der Waals surface area contributed by atoms with Gasteiger partial charge in [-0.3, -0.25) is 9.59 Å². The van der Waals surface area contributed by atoms with E-state index in [9.17, 15) is 9.59 Å². The highest BCUT2D eigenvalue weighted by Crippen LogP contribution is 2.20. The zero-order valence-electron chi connectivity index (χ0n) is 16.0. The lowest BCUT2D eigenvalue weighted by Gasteiger charge is -2.15. The molecule has 0 radical (unpaired) electrons. The highest BCUT2D eigenvalue weighted by Gasteiger charge is 2.17. The number of imidazole rings is 1. The fraction of sp³-hybridized carbons (Fsp3) is 0.286. The number of carbonyl (C=O) groups excluding carboxylic acids is 2. The Hall–Kier alpha value is -3.19. The molecule has 1 heterocycles. The molecule has 2 amide bonds. The monoisotopic (exact) mass is 379 g/mol. The molecule has 0 bridgehead atoms. The highest BCUT2D eigenvalue weighted by molar-refractivity contribution is 5.87. The van der Waals surface area contributed by atoms with Crippen molar-refractivity contribution in [1.82, 2.24) is 20.6 Å². The summed E-state index contributed by atoms with van der Waals surface area (Å²) in [6.45, 7) is 4.01. The first-order valence-electron chi connectivity index (χ1n) is 9.28. The van der Waals surface area contributed by atoms with Crippen LogP contribution >= 0.6 is 0 Å². The minimum Gasteiger partial charge on any atom is -0.350 e. The molecular weight excluding hydrogens is 354 g/mol. The summed E-state index contributed by atoms with van der Waals surface area (Å²) < 4.78 is 0. The average Bonchev–Trinajstić information content (AvgIpc) is 3.14. The number of benzene rings is 2. The van der Waals surface area contributed by atoms with Crippen molar-refractivity contribution in [2.75, 3.05) is 6.54 Å². The van der Waals surface area contributed by atoms with Gasteiger partial charge >= 0.3 is 0 Å². The molecule has 0 aliphatic carbocycles. The fourth-order valence-electron chi connectivity index (χ4n) is 2.72. The van der Waals surface area contributed by atoms with E-state index in [4.69, 9.17) is 5.73 Å². The van der Waals surface area contributed by atoms with Crippen molar-refractivity contribution in [2.45, 2.75) is 26.4 Å². The molecule has 28 heavy (non-hydrogen) atoms. The number of amides is 2. The minimum absolute atomic E-state index is 0.0216. The molecule has 0 aliphatic rings. The molecular formula is C21H25N5O2. The number of fused-ring (bicyclic) bond motifs is 1. The highest BCUT2D eigenvalue weighted by atomic mass is 16.2. The van der Waals surface area contributed by atoms with Gasteiger partial charge < -0.3 is 21.4 Å². The number of hydrogen-bond donors (Lipinski definition) is 4. The molecule has 2 aromatic carbocycles. The summed E-state index contributed by atoms with van der Waals surface area (Å²) in [6, 6.07) is 15.1. The topological polar surface area (TPSA) is 113 Å². The number of nitrogens with zero attached hydrogens (tertiary/aromatic N) is 1. The molecule has 0 saturated heterocycles. The predicted octanol–water partition coefficient (Wildman–Crippen LogP) is 1.95. The van der Waals surface area contributed by atoms with Crippen LogP contribution in [-0.4, -0.2) is 34.4 Å². The van der Waals surface area contributed by atoms with Crippen molar-refractivity contribution in [1.29, 1.82) is 0 Å². The van der Waals surface area contributed by atoms with Gasteiger partial charge in [0.05, 0.1) is 23.6 Å². The van der Waals surface area contributed by atoms with Gasteiger partial charge in [0.2, 0.25) is 11.8 Å². The van der Waals surface area contributed by atoms with Crippen LogP contribution in [-0.2, 0) is 16.1 Å². The second-order valence-electron chi connectivity index (χ2n) is 7.06. The first-order chi connectivity index (χ1) is 13.4. The van der Waals surface area contributed by atoms with Gasteiger partial charge in [0, 0.05) is 12.1 Å². The molecule has 7 nitrogen and oxygen atoms in total. The van der Waals surface area contributed by atoms with Crippen molar-refractivity contribution in [3.8, 4) is 11.4 Å². The van der Waals surface area contributed by atoms with Gasteiger partial charge in [-0.25, -0.2) is 4.98 Å². The van der Waals surface area contributed by atoms with E-state index in [-0.39, 0.29) is 24.3 Å². The van der Waals surface area contributed by atoms with Crippen LogP contribution in [0.2, 0.25) is 0 Å². The number of aromatic nitrogens is 2. The first kappa shape index (κ1) is 19.6. The number of para-hydroxylation sites is 2. The molecule has 0 fully saturated rings. The van der Waals surface area contributed by atoms with Crippen molar-refractivity contribution < 1.29 is 9.59 Å². The summed E-state index contributed by atoms with van der Waals surface area (Å²) in [4.78, 5) is 31.6. The second-order valence-corrected chi connectivity index (χ2v) is 7.06. The first-order valence-corrected chi connectivity index (χ1v) is 9.28. The Kier molecular flexibility index (Phi) is 6.06. The zero-order chi connectivity index (χ0) is 20.1. The number of nitrogens with two attached hydrogens (primary N) is 1.